The van der Waals surface area contributed by atoms with Gasteiger partial charge in [0, 0.05) is 10.6 Å². The minimum Gasteiger partial charge on any atom is -0.389 e. The SMILES string of the molecule is Nc1sc(Cl)nc1-c1cccc(Cl)c1. The molecule has 1 aromatic heterocycles. The number of halogens is 2. The maximum absolute atomic E-state index is 5.86. The molecule has 0 amide bonds. The van der Waals surface area contributed by atoms with Crippen LogP contribution >= 0.6 is 34.5 Å². The summed E-state index contributed by atoms with van der Waals surface area (Å²) in [7, 11) is 0. The molecule has 5 heteroatoms. The number of hydrogen-bond acceptors (Lipinski definition) is 3. The van der Waals surface area contributed by atoms with E-state index in [0.717, 1.165) is 5.56 Å². The number of anilines is 1. The van der Waals surface area contributed by atoms with Crippen molar-refractivity contribution in [3.63, 3.8) is 0 Å². The predicted octanol–water partition coefficient (Wildman–Crippen LogP) is 3.70. The fourth-order valence-electron chi connectivity index (χ4n) is 1.15. The summed E-state index contributed by atoms with van der Waals surface area (Å²) in [5.41, 5.74) is 7.34. The van der Waals surface area contributed by atoms with Crippen LogP contribution in [-0.4, -0.2) is 4.98 Å². The Morgan fingerprint density at radius 2 is 2.07 bits per heavy atom. The van der Waals surface area contributed by atoms with Gasteiger partial charge in [0.15, 0.2) is 4.47 Å². The summed E-state index contributed by atoms with van der Waals surface area (Å²) < 4.78 is 0.442. The molecule has 0 saturated carbocycles. The molecular weight excluding hydrogens is 239 g/mol. The summed E-state index contributed by atoms with van der Waals surface area (Å²) in [5.74, 6) is 0. The number of aromatic nitrogens is 1. The van der Waals surface area contributed by atoms with Crippen LogP contribution in [-0.2, 0) is 0 Å². The molecule has 2 aromatic rings. The molecule has 0 spiro atoms. The first-order valence-electron chi connectivity index (χ1n) is 3.84. The van der Waals surface area contributed by atoms with Crippen molar-refractivity contribution in [1.82, 2.24) is 4.98 Å². The van der Waals surface area contributed by atoms with Gasteiger partial charge in [-0.3, -0.25) is 0 Å². The van der Waals surface area contributed by atoms with Crippen LogP contribution in [0.5, 0.6) is 0 Å². The third-order valence-corrected chi connectivity index (χ3v) is 2.95. The van der Waals surface area contributed by atoms with Crippen molar-refractivity contribution in [2.24, 2.45) is 0 Å². The Morgan fingerprint density at radius 3 is 2.64 bits per heavy atom. The second-order valence-corrected chi connectivity index (χ2v) is 4.74. The van der Waals surface area contributed by atoms with Gasteiger partial charge in [-0.25, -0.2) is 4.98 Å². The highest BCUT2D eigenvalue weighted by Crippen LogP contribution is 2.33. The highest BCUT2D eigenvalue weighted by atomic mass is 35.5. The van der Waals surface area contributed by atoms with Gasteiger partial charge in [0.2, 0.25) is 0 Å². The molecule has 0 bridgehead atoms. The molecule has 0 unspecified atom stereocenters. The maximum Gasteiger partial charge on any atom is 0.186 e. The molecule has 1 heterocycles. The second-order valence-electron chi connectivity index (χ2n) is 2.69. The van der Waals surface area contributed by atoms with Crippen molar-refractivity contribution in [2.75, 3.05) is 5.73 Å². The van der Waals surface area contributed by atoms with E-state index in [1.165, 1.54) is 11.3 Å². The zero-order valence-corrected chi connectivity index (χ0v) is 9.33. The van der Waals surface area contributed by atoms with Gasteiger partial charge >= 0.3 is 0 Å². The average molecular weight is 245 g/mol. The Hall–Kier alpha value is -0.770. The van der Waals surface area contributed by atoms with Crippen LogP contribution in [0, 0.1) is 0 Å². The average Bonchev–Trinajstić information content (AvgIpc) is 2.45. The van der Waals surface area contributed by atoms with Gasteiger partial charge in [0.05, 0.1) is 0 Å². The van der Waals surface area contributed by atoms with E-state index >= 15 is 0 Å². The van der Waals surface area contributed by atoms with Crippen LogP contribution < -0.4 is 5.73 Å². The van der Waals surface area contributed by atoms with Gasteiger partial charge < -0.3 is 5.73 Å². The van der Waals surface area contributed by atoms with Crippen LogP contribution in [0.1, 0.15) is 0 Å². The summed E-state index contributed by atoms with van der Waals surface area (Å²) in [6.07, 6.45) is 0. The number of benzene rings is 1. The molecule has 72 valence electrons. The molecule has 14 heavy (non-hydrogen) atoms. The lowest BCUT2D eigenvalue weighted by Gasteiger charge is -1.98. The molecule has 1 aromatic carbocycles. The molecule has 0 aliphatic rings. The number of thiazole rings is 1. The van der Waals surface area contributed by atoms with E-state index < -0.39 is 0 Å². The molecule has 2 nitrogen and oxygen atoms in total. The highest BCUT2D eigenvalue weighted by Gasteiger charge is 2.09. The fraction of sp³-hybridized carbons (Fsp3) is 0. The Kier molecular flexibility index (Phi) is 2.63. The van der Waals surface area contributed by atoms with Crippen molar-refractivity contribution < 1.29 is 0 Å². The van der Waals surface area contributed by atoms with Crippen molar-refractivity contribution >= 4 is 39.5 Å². The summed E-state index contributed by atoms with van der Waals surface area (Å²) in [5, 5.41) is 1.27. The van der Waals surface area contributed by atoms with Crippen LogP contribution in [0.3, 0.4) is 0 Å². The minimum atomic E-state index is 0.442. The monoisotopic (exact) mass is 244 g/mol. The number of hydrogen-bond donors (Lipinski definition) is 1. The molecular formula is C9H6Cl2N2S. The van der Waals surface area contributed by atoms with Gasteiger partial charge in [-0.1, -0.05) is 46.7 Å². The van der Waals surface area contributed by atoms with Crippen LogP contribution in [0.25, 0.3) is 11.3 Å². The van der Waals surface area contributed by atoms with Gasteiger partial charge in [-0.15, -0.1) is 0 Å². The van der Waals surface area contributed by atoms with Crippen molar-refractivity contribution in [3.8, 4) is 11.3 Å². The number of rotatable bonds is 1. The van der Waals surface area contributed by atoms with Gasteiger partial charge in [-0.05, 0) is 12.1 Å². The van der Waals surface area contributed by atoms with E-state index in [4.69, 9.17) is 28.9 Å². The van der Waals surface area contributed by atoms with E-state index in [0.29, 0.717) is 20.2 Å². The Labute approximate surface area is 95.3 Å². The topological polar surface area (TPSA) is 38.9 Å². The van der Waals surface area contributed by atoms with Crippen molar-refractivity contribution in [2.45, 2.75) is 0 Å². The summed E-state index contributed by atoms with van der Waals surface area (Å²) in [4.78, 5) is 4.12. The van der Waals surface area contributed by atoms with E-state index in [1.54, 1.807) is 6.07 Å². The molecule has 0 aliphatic carbocycles. The standard InChI is InChI=1S/C9H6Cl2N2S/c10-6-3-1-2-5(4-6)7-8(12)14-9(11)13-7/h1-4H,12H2. The number of nitrogens with zero attached hydrogens (tertiary/aromatic N) is 1. The highest BCUT2D eigenvalue weighted by molar-refractivity contribution is 7.19. The lowest BCUT2D eigenvalue weighted by Crippen LogP contribution is -1.85. The molecule has 2 rings (SSSR count). The third-order valence-electron chi connectivity index (χ3n) is 1.73. The normalized spacial score (nSPS) is 10.4. The first-order chi connectivity index (χ1) is 6.66. The Balaban J connectivity index is 2.54. The summed E-state index contributed by atoms with van der Waals surface area (Å²) in [6, 6.07) is 7.36. The Bertz CT molecular complexity index is 468. The van der Waals surface area contributed by atoms with Crippen LogP contribution in [0.4, 0.5) is 5.00 Å². The molecule has 2 N–H and O–H groups in total. The maximum atomic E-state index is 5.86. The van der Waals surface area contributed by atoms with E-state index in [9.17, 15) is 0 Å². The lowest BCUT2D eigenvalue weighted by atomic mass is 10.2. The predicted molar refractivity (Wildman–Crippen MR) is 62.0 cm³/mol. The van der Waals surface area contributed by atoms with Crippen LogP contribution in [0.2, 0.25) is 9.49 Å². The van der Waals surface area contributed by atoms with E-state index in [2.05, 4.69) is 4.98 Å². The molecule has 0 fully saturated rings. The van der Waals surface area contributed by atoms with Gasteiger partial charge in [0.25, 0.3) is 0 Å². The second kappa shape index (κ2) is 3.77. The lowest BCUT2D eigenvalue weighted by molar-refractivity contribution is 1.41. The summed E-state index contributed by atoms with van der Waals surface area (Å²) >= 11 is 12.9. The molecule has 0 aliphatic heterocycles. The molecule has 0 radical (unpaired) electrons. The number of nitrogens with two attached hydrogens (primary N) is 1. The molecule has 0 atom stereocenters. The van der Waals surface area contributed by atoms with Gasteiger partial charge in [-0.2, -0.15) is 0 Å². The zero-order chi connectivity index (χ0) is 10.1. The quantitative estimate of drug-likeness (QED) is 0.831. The largest absolute Gasteiger partial charge is 0.389 e. The summed E-state index contributed by atoms with van der Waals surface area (Å²) in [6.45, 7) is 0. The minimum absolute atomic E-state index is 0.442. The zero-order valence-electron chi connectivity index (χ0n) is 7.00. The first-order valence-corrected chi connectivity index (χ1v) is 5.42. The Morgan fingerprint density at radius 1 is 1.29 bits per heavy atom. The smallest absolute Gasteiger partial charge is 0.186 e. The van der Waals surface area contributed by atoms with Crippen molar-refractivity contribution in [3.05, 3.63) is 33.8 Å². The van der Waals surface area contributed by atoms with Gasteiger partial charge in [0.1, 0.15) is 10.7 Å². The number of nitrogen functional groups attached to an aromatic ring is 1. The van der Waals surface area contributed by atoms with E-state index in [-0.39, 0.29) is 0 Å². The molecule has 0 saturated heterocycles. The van der Waals surface area contributed by atoms with E-state index in [1.807, 2.05) is 18.2 Å². The van der Waals surface area contributed by atoms with Crippen molar-refractivity contribution in [1.29, 1.82) is 0 Å². The fourth-order valence-corrected chi connectivity index (χ4v) is 2.25. The van der Waals surface area contributed by atoms with Crippen LogP contribution in [0.15, 0.2) is 24.3 Å². The third kappa shape index (κ3) is 1.85. The first kappa shape index (κ1) is 9.77.